The summed E-state index contributed by atoms with van der Waals surface area (Å²) in [5.41, 5.74) is 6.78. The molecule has 0 saturated carbocycles. The van der Waals surface area contributed by atoms with Crippen LogP contribution in [0.4, 0.5) is 10.5 Å². The highest BCUT2D eigenvalue weighted by atomic mass is 35.5. The van der Waals surface area contributed by atoms with Crippen LogP contribution in [0.3, 0.4) is 0 Å². The van der Waals surface area contributed by atoms with Crippen LogP contribution < -0.4 is 64.2 Å². The highest BCUT2D eigenvalue weighted by molar-refractivity contribution is 7.98. The summed E-state index contributed by atoms with van der Waals surface area (Å²) >= 11 is 7.47. The van der Waals surface area contributed by atoms with E-state index in [0.29, 0.717) is 46.7 Å². The number of nitrogens with two attached hydrogens (primary N) is 1. The van der Waals surface area contributed by atoms with Gasteiger partial charge in [-0.2, -0.15) is 11.8 Å². The van der Waals surface area contributed by atoms with Crippen LogP contribution >= 0.6 is 23.4 Å². The fraction of sp³-hybridized carbons (Fsp3) is 0.633. The number of hydrogen-bond donors (Lipinski definition) is 20. The molecule has 114 heavy (non-hydrogen) atoms. The summed E-state index contributed by atoms with van der Waals surface area (Å²) in [6.45, 7) is 9.37. The van der Waals surface area contributed by atoms with E-state index in [1.54, 1.807) is 54.6 Å². The average molecular weight is 1640 g/mol. The molecule has 3 aromatic rings. The Kier molecular flexibility index (Phi) is 39.5. The molecule has 0 spiro atoms. The van der Waals surface area contributed by atoms with Crippen LogP contribution in [0, 0.1) is 17.8 Å². The van der Waals surface area contributed by atoms with Crippen LogP contribution in [0.1, 0.15) is 162 Å². The third-order valence-corrected chi connectivity index (χ3v) is 21.7. The highest BCUT2D eigenvalue weighted by Gasteiger charge is 2.49. The fourth-order valence-electron chi connectivity index (χ4n) is 14.2. The Labute approximate surface area is 675 Å². The van der Waals surface area contributed by atoms with Crippen molar-refractivity contribution in [1.82, 2.24) is 63.0 Å². The zero-order valence-electron chi connectivity index (χ0n) is 66.1. The number of phenols is 1. The predicted molar refractivity (Wildman–Crippen MR) is 428 cm³/mol. The van der Waals surface area contributed by atoms with Gasteiger partial charge in [0.25, 0.3) is 0 Å². The number of aliphatic hydroxyl groups is 7. The topological polar surface area (TPSA) is 514 Å². The molecule has 3 aliphatic heterocycles. The lowest BCUT2D eigenvalue weighted by atomic mass is 9.91. The van der Waals surface area contributed by atoms with Crippen molar-refractivity contribution in [2.24, 2.45) is 23.5 Å². The number of amides is 12. The first-order valence-electron chi connectivity index (χ1n) is 39.6. The summed E-state index contributed by atoms with van der Waals surface area (Å²) in [6.07, 6.45) is -7.20. The molecule has 12 amide bonds. The minimum absolute atomic E-state index is 0.0852. The quantitative estimate of drug-likeness (QED) is 0.0351. The van der Waals surface area contributed by atoms with Crippen molar-refractivity contribution in [1.29, 1.82) is 0 Å². The van der Waals surface area contributed by atoms with E-state index in [1.807, 2.05) is 20.1 Å². The summed E-state index contributed by atoms with van der Waals surface area (Å²) in [5, 5.41) is 122. The molecule has 35 heteroatoms. The lowest BCUT2D eigenvalue weighted by molar-refractivity contribution is -0.148. The normalized spacial score (nSPS) is 23.8. The number of anilines is 1. The standard InChI is InChI=1S/C79H121ClN14O19S/c1-8-45(4)39-46(5)18-14-11-9-10-12-17-21-62(101)85-57-42-61(100)69(82-34-35-83-70(104)56(40-48-19-15-13-16-20-48)87-72(106)55(38-44(2)3)86-71(105)54(32-37-114-7)88-79(113)84-51-26-24-50(80)25-27-51)92-76(110)66-60(99)31-36-93(66)78(112)64(59(98)30-33-81)90-75(109)65(68(103)67(102)49-22-28-52(96)29-23-49)91-74(108)58-41-53(97)43-94(58)77(111)63(47(6)95)89-73(57)107/h13,15-16,19-20,22-29,44-47,53-61,63-69,82,95-100,102-103H,8-12,14,17-18,21,30-43,81H2,1-7H3,(H,83,104)(H,85,101)(H,86,105)(H,87,106)(H,89,107)(H,90,109)(H,91,108)(H,92,110)(H2,84,88,113)/t45-,46+,47+,53+,54?,55?,56?,57-,58-,59+,60-,61+,63-,64-,65-,66-,67-,68-,69-/m0/s1. The van der Waals surface area contributed by atoms with Crippen LogP contribution in [0.25, 0.3) is 0 Å². The van der Waals surface area contributed by atoms with Gasteiger partial charge in [0.2, 0.25) is 59.1 Å². The number of benzene rings is 3. The Morgan fingerprint density at radius 3 is 1.92 bits per heavy atom. The summed E-state index contributed by atoms with van der Waals surface area (Å²) < 4.78 is 0. The zero-order chi connectivity index (χ0) is 83.9. The number of urea groups is 1. The molecular formula is C79H121ClN14O19S. The number of hydrogen-bond acceptors (Lipinski definition) is 22. The van der Waals surface area contributed by atoms with Gasteiger partial charge in [0, 0.05) is 62.6 Å². The highest BCUT2D eigenvalue weighted by Crippen LogP contribution is 2.28. The first kappa shape index (κ1) is 94.6. The van der Waals surface area contributed by atoms with Crippen LogP contribution in [0.5, 0.6) is 5.75 Å². The third kappa shape index (κ3) is 29.8. The number of carbonyl (C=O) groups is 11. The Hall–Kier alpha value is -8.29. The summed E-state index contributed by atoms with van der Waals surface area (Å²) in [7, 11) is 0. The maximum atomic E-state index is 15.1. The van der Waals surface area contributed by atoms with Crippen molar-refractivity contribution in [2.75, 3.05) is 50.0 Å². The molecule has 3 saturated heterocycles. The van der Waals surface area contributed by atoms with Gasteiger partial charge in [-0.3, -0.25) is 53.3 Å². The molecule has 0 aromatic heterocycles. The van der Waals surface area contributed by atoms with E-state index in [0.717, 1.165) is 73.8 Å². The SMILES string of the molecule is CC[C@H](C)C[C@H](C)CCCCCCCCC(=O)N[C@H]1C[C@@H](O)[C@@H](NCCNC(=O)C(Cc2ccccc2)NC(=O)C(CC(C)C)NC(=O)C(CCSC)NC(=O)Nc2ccc(Cl)cc2)NC(=O)[C@@H]2[C@@H](O)CCN2C(=O)[C@H]([C@H](O)CCN)NC(=O)[C@H]([C@H](O)[C@@H](O)c2ccc(O)cc2)NC(=O)[C@@H]2C[C@@H](O)CN2C(=O)[C@H]([C@@H](C)O)NC1=O. The molecule has 3 aliphatic rings. The van der Waals surface area contributed by atoms with Gasteiger partial charge in [0.1, 0.15) is 78.5 Å². The number of fused-ring (bicyclic) bond motifs is 2. The molecule has 3 heterocycles. The molecule has 0 radical (unpaired) electrons. The van der Waals surface area contributed by atoms with Gasteiger partial charge in [-0.15, -0.1) is 0 Å². The van der Waals surface area contributed by atoms with Crippen molar-refractivity contribution in [3.63, 3.8) is 0 Å². The average Bonchev–Trinajstić information content (AvgIpc) is 1.59. The van der Waals surface area contributed by atoms with Gasteiger partial charge < -0.3 is 110 Å². The Morgan fingerprint density at radius 1 is 0.640 bits per heavy atom. The van der Waals surface area contributed by atoms with Crippen LogP contribution in [-0.4, -0.2) is 258 Å². The number of nitrogens with zero attached hydrogens (tertiary/aromatic N) is 2. The minimum atomic E-state index is -2.36. The van der Waals surface area contributed by atoms with Gasteiger partial charge in [-0.05, 0) is 129 Å². The van der Waals surface area contributed by atoms with Crippen LogP contribution in [-0.2, 0) is 54.4 Å². The van der Waals surface area contributed by atoms with Crippen LogP contribution in [0.2, 0.25) is 5.02 Å². The van der Waals surface area contributed by atoms with Crippen molar-refractivity contribution < 1.29 is 93.6 Å². The van der Waals surface area contributed by atoms with Crippen molar-refractivity contribution in [2.45, 2.75) is 254 Å². The molecule has 19 atom stereocenters. The van der Waals surface area contributed by atoms with E-state index in [1.165, 1.54) is 23.9 Å². The Balaban J connectivity index is 1.35. The van der Waals surface area contributed by atoms with Gasteiger partial charge in [-0.25, -0.2) is 4.79 Å². The number of aromatic hydroxyl groups is 1. The van der Waals surface area contributed by atoms with Gasteiger partial charge in [0.05, 0.1) is 30.5 Å². The largest absolute Gasteiger partial charge is 0.508 e. The third-order valence-electron chi connectivity index (χ3n) is 20.8. The number of carbonyl (C=O) groups excluding carboxylic acids is 11. The van der Waals surface area contributed by atoms with E-state index < -0.39 is 201 Å². The molecule has 0 bridgehead atoms. The number of aliphatic hydroxyl groups excluding tert-OH is 7. The van der Waals surface area contributed by atoms with E-state index in [2.05, 4.69) is 79.3 Å². The molecule has 21 N–H and O–H groups in total. The molecule has 3 aromatic carbocycles. The monoisotopic (exact) mass is 1640 g/mol. The zero-order valence-corrected chi connectivity index (χ0v) is 67.7. The van der Waals surface area contributed by atoms with Crippen molar-refractivity contribution >= 4 is 94.2 Å². The number of phenolic OH excluding ortho intramolecular Hbond substituents is 1. The molecule has 0 aliphatic carbocycles. The van der Waals surface area contributed by atoms with Crippen molar-refractivity contribution in [3.8, 4) is 5.75 Å². The fourth-order valence-corrected chi connectivity index (χ4v) is 14.8. The molecule has 634 valence electrons. The molecule has 6 rings (SSSR count). The molecular weight excluding hydrogens is 1520 g/mol. The number of halogens is 1. The summed E-state index contributed by atoms with van der Waals surface area (Å²) in [5.74, 6) is -9.13. The van der Waals surface area contributed by atoms with Crippen LogP contribution in [0.15, 0.2) is 78.9 Å². The van der Waals surface area contributed by atoms with Gasteiger partial charge in [-0.1, -0.05) is 134 Å². The maximum Gasteiger partial charge on any atom is 0.319 e. The number of nitrogens with one attached hydrogen (secondary N) is 11. The first-order valence-corrected chi connectivity index (χ1v) is 41.4. The maximum absolute atomic E-state index is 15.1. The predicted octanol–water partition coefficient (Wildman–Crippen LogP) is 0.701. The number of unbranched alkanes of at least 4 members (excludes halogenated alkanes) is 5. The van der Waals surface area contributed by atoms with E-state index >= 15 is 14.4 Å². The first-order chi connectivity index (χ1) is 54.2. The molecule has 3 unspecified atom stereocenters. The smallest absolute Gasteiger partial charge is 0.319 e. The van der Waals surface area contributed by atoms with E-state index in [-0.39, 0.29) is 69.0 Å². The number of rotatable bonds is 38. The van der Waals surface area contributed by atoms with E-state index in [9.17, 15) is 79.2 Å². The Bertz CT molecular complexity index is 3600. The second kappa shape index (κ2) is 47.7. The lowest BCUT2D eigenvalue weighted by Crippen LogP contribution is -2.65. The van der Waals surface area contributed by atoms with Gasteiger partial charge >= 0.3 is 6.03 Å². The summed E-state index contributed by atoms with van der Waals surface area (Å²) in [6, 6.07) is 3.30. The van der Waals surface area contributed by atoms with Gasteiger partial charge in [0.15, 0.2) is 0 Å². The lowest BCUT2D eigenvalue weighted by Gasteiger charge is -2.35. The molecule has 33 nitrogen and oxygen atoms in total. The van der Waals surface area contributed by atoms with E-state index in [4.69, 9.17) is 17.3 Å². The second-order valence-corrected chi connectivity index (χ2v) is 32.1. The second-order valence-electron chi connectivity index (χ2n) is 30.6. The molecule has 3 fully saturated rings. The Morgan fingerprint density at radius 2 is 1.27 bits per heavy atom. The minimum Gasteiger partial charge on any atom is -0.508 e. The summed E-state index contributed by atoms with van der Waals surface area (Å²) in [4.78, 5) is 162. The van der Waals surface area contributed by atoms with Crippen molar-refractivity contribution in [3.05, 3.63) is 95.0 Å². The number of thioether (sulfide) groups is 1.